The molecule has 2 aromatic heterocycles. The van der Waals surface area contributed by atoms with E-state index in [4.69, 9.17) is 0 Å². The van der Waals surface area contributed by atoms with Crippen LogP contribution in [0.3, 0.4) is 0 Å². The van der Waals surface area contributed by atoms with Crippen LogP contribution in [-0.2, 0) is 0 Å². The number of nitrogens with one attached hydrogen (secondary N) is 2. The van der Waals surface area contributed by atoms with Crippen LogP contribution in [0.5, 0.6) is 0 Å². The zero-order valence-corrected chi connectivity index (χ0v) is 10.9. The number of hydrogen-bond acceptors (Lipinski definition) is 4. The lowest BCUT2D eigenvalue weighted by molar-refractivity contribution is 0.0860. The highest BCUT2D eigenvalue weighted by molar-refractivity contribution is 5.98. The van der Waals surface area contributed by atoms with Gasteiger partial charge in [-0.3, -0.25) is 9.78 Å². The van der Waals surface area contributed by atoms with E-state index < -0.39 is 5.91 Å². The highest BCUT2D eigenvalue weighted by Gasteiger charge is 2.12. The number of hydrogen-bond donors (Lipinski definition) is 2. The van der Waals surface area contributed by atoms with E-state index in [-0.39, 0.29) is 11.4 Å². The molecule has 0 aliphatic heterocycles. The van der Waals surface area contributed by atoms with Gasteiger partial charge < -0.3 is 5.32 Å². The molecule has 1 amide bonds. The van der Waals surface area contributed by atoms with Crippen molar-refractivity contribution in [1.29, 1.82) is 0 Å². The lowest BCUT2D eigenvalue weighted by atomic mass is 10.2. The van der Waals surface area contributed by atoms with E-state index in [0.717, 1.165) is 22.1 Å². The molecular formula is C15H11FN4O. The third kappa shape index (κ3) is 2.64. The average molecular weight is 282 g/mol. The Hall–Kier alpha value is -3.02. The van der Waals surface area contributed by atoms with Gasteiger partial charge in [0.25, 0.3) is 5.91 Å². The molecular weight excluding hydrogens is 271 g/mol. The largest absolute Gasteiger partial charge is 0.340 e. The Morgan fingerprint density at radius 1 is 1.05 bits per heavy atom. The summed E-state index contributed by atoms with van der Waals surface area (Å²) in [5.74, 6) is -0.552. The Kier molecular flexibility index (Phi) is 3.42. The number of amides is 1. The summed E-state index contributed by atoms with van der Waals surface area (Å²) in [5.41, 5.74) is 2.84. The fraction of sp³-hybridized carbons (Fsp3) is 0. The molecule has 0 atom stereocenters. The van der Waals surface area contributed by atoms with E-state index in [1.54, 1.807) is 12.3 Å². The van der Waals surface area contributed by atoms with Crippen molar-refractivity contribution in [2.45, 2.75) is 0 Å². The first kappa shape index (κ1) is 13.0. The lowest BCUT2D eigenvalue weighted by Crippen LogP contribution is -2.16. The maximum atomic E-state index is 12.3. The Balaban J connectivity index is 1.97. The number of anilines is 2. The number of carbonyl (C=O) groups is 1. The molecule has 5 nitrogen and oxygen atoms in total. The third-order valence-corrected chi connectivity index (χ3v) is 3.00. The predicted molar refractivity (Wildman–Crippen MR) is 77.8 cm³/mol. The number of aromatic nitrogens is 2. The Bertz CT molecular complexity index is 806. The molecule has 0 bridgehead atoms. The van der Waals surface area contributed by atoms with Gasteiger partial charge in [-0.25, -0.2) is 4.98 Å². The number of halogens is 1. The second kappa shape index (κ2) is 5.54. The summed E-state index contributed by atoms with van der Waals surface area (Å²) in [6.07, 6.45) is 3.25. The summed E-state index contributed by atoms with van der Waals surface area (Å²) in [6.45, 7) is 0. The molecule has 0 unspecified atom stereocenters. The van der Waals surface area contributed by atoms with Crippen LogP contribution in [0.2, 0.25) is 0 Å². The third-order valence-electron chi connectivity index (χ3n) is 3.00. The second-order valence-electron chi connectivity index (χ2n) is 4.36. The lowest BCUT2D eigenvalue weighted by Gasteiger charge is -2.09. The smallest absolute Gasteiger partial charge is 0.282 e. The highest BCUT2D eigenvalue weighted by atomic mass is 19.2. The van der Waals surface area contributed by atoms with Gasteiger partial charge in [-0.1, -0.05) is 10.5 Å². The number of rotatable bonds is 3. The van der Waals surface area contributed by atoms with Gasteiger partial charge in [-0.15, -0.1) is 0 Å². The summed E-state index contributed by atoms with van der Waals surface area (Å²) < 4.78 is 12.3. The van der Waals surface area contributed by atoms with Crippen molar-refractivity contribution in [3.8, 4) is 0 Å². The average Bonchev–Trinajstić information content (AvgIpc) is 2.54. The Morgan fingerprint density at radius 3 is 2.71 bits per heavy atom. The van der Waals surface area contributed by atoms with Crippen molar-refractivity contribution < 1.29 is 9.28 Å². The van der Waals surface area contributed by atoms with Gasteiger partial charge in [0.15, 0.2) is 0 Å². The molecule has 1 aromatic carbocycles. The Labute approximate surface area is 119 Å². The van der Waals surface area contributed by atoms with Gasteiger partial charge in [0.05, 0.1) is 11.1 Å². The number of carbonyl (C=O) groups excluding carboxylic acids is 1. The normalized spacial score (nSPS) is 10.3. The molecule has 21 heavy (non-hydrogen) atoms. The molecule has 104 valence electrons. The number of nitrogens with zero attached hydrogens (tertiary/aromatic N) is 2. The van der Waals surface area contributed by atoms with E-state index in [1.807, 2.05) is 30.3 Å². The molecule has 0 aliphatic rings. The van der Waals surface area contributed by atoms with Crippen molar-refractivity contribution in [3.63, 3.8) is 0 Å². The summed E-state index contributed by atoms with van der Waals surface area (Å²) in [5, 5.41) is 3.97. The number of benzene rings is 1. The van der Waals surface area contributed by atoms with Crippen LogP contribution in [0.4, 0.5) is 16.0 Å². The summed E-state index contributed by atoms with van der Waals surface area (Å²) >= 11 is 0. The molecule has 0 saturated heterocycles. The first-order valence-corrected chi connectivity index (χ1v) is 6.26. The maximum absolute atomic E-state index is 12.3. The molecule has 6 heteroatoms. The predicted octanol–water partition coefficient (Wildman–Crippen LogP) is 2.99. The minimum Gasteiger partial charge on any atom is -0.340 e. The van der Waals surface area contributed by atoms with Crippen molar-refractivity contribution in [3.05, 3.63) is 60.4 Å². The van der Waals surface area contributed by atoms with Crippen LogP contribution >= 0.6 is 0 Å². The minimum atomic E-state index is -0.840. The summed E-state index contributed by atoms with van der Waals surface area (Å²) in [4.78, 5) is 19.8. The van der Waals surface area contributed by atoms with Gasteiger partial charge in [0.1, 0.15) is 5.82 Å². The van der Waals surface area contributed by atoms with Crippen molar-refractivity contribution in [2.75, 3.05) is 5.32 Å². The molecule has 2 N–H and O–H groups in total. The van der Waals surface area contributed by atoms with Crippen LogP contribution in [0, 0.1) is 0 Å². The number of fused-ring (bicyclic) bond motifs is 1. The standard InChI is InChI=1S/C15H11FN4O/c16-20-15(21)12-4-2-8-18-14(12)19-11-5-6-13-10(9-11)3-1-7-17-13/h1-9H,(H,18,19)(H,20,21). The molecule has 0 saturated carbocycles. The van der Waals surface area contributed by atoms with Crippen LogP contribution in [-0.4, -0.2) is 15.9 Å². The molecule has 0 aliphatic carbocycles. The zero-order valence-electron chi connectivity index (χ0n) is 10.9. The molecule has 0 fully saturated rings. The van der Waals surface area contributed by atoms with E-state index in [2.05, 4.69) is 15.3 Å². The number of pyridine rings is 2. The topological polar surface area (TPSA) is 66.9 Å². The van der Waals surface area contributed by atoms with E-state index in [0.29, 0.717) is 0 Å². The van der Waals surface area contributed by atoms with Crippen LogP contribution in [0.25, 0.3) is 10.9 Å². The van der Waals surface area contributed by atoms with Crippen molar-refractivity contribution >= 4 is 28.3 Å². The van der Waals surface area contributed by atoms with Gasteiger partial charge >= 0.3 is 0 Å². The van der Waals surface area contributed by atoms with Gasteiger partial charge in [-0.05, 0) is 36.4 Å². The van der Waals surface area contributed by atoms with Crippen molar-refractivity contribution in [1.82, 2.24) is 15.5 Å². The summed E-state index contributed by atoms with van der Waals surface area (Å²) in [7, 11) is 0. The molecule has 0 spiro atoms. The van der Waals surface area contributed by atoms with Gasteiger partial charge in [-0.2, -0.15) is 5.54 Å². The van der Waals surface area contributed by atoms with E-state index in [1.165, 1.54) is 12.3 Å². The monoisotopic (exact) mass is 282 g/mol. The minimum absolute atomic E-state index is 0.131. The Morgan fingerprint density at radius 2 is 1.86 bits per heavy atom. The van der Waals surface area contributed by atoms with E-state index >= 15 is 0 Å². The van der Waals surface area contributed by atoms with Crippen molar-refractivity contribution in [2.24, 2.45) is 0 Å². The van der Waals surface area contributed by atoms with Gasteiger partial charge in [0.2, 0.25) is 0 Å². The second-order valence-corrected chi connectivity index (χ2v) is 4.36. The maximum Gasteiger partial charge on any atom is 0.282 e. The fourth-order valence-electron chi connectivity index (χ4n) is 2.03. The molecule has 3 rings (SSSR count). The van der Waals surface area contributed by atoms with Crippen LogP contribution < -0.4 is 10.9 Å². The van der Waals surface area contributed by atoms with E-state index in [9.17, 15) is 9.28 Å². The van der Waals surface area contributed by atoms with Crippen LogP contribution in [0.1, 0.15) is 10.4 Å². The fourth-order valence-corrected chi connectivity index (χ4v) is 2.03. The first-order valence-electron chi connectivity index (χ1n) is 6.26. The highest BCUT2D eigenvalue weighted by Crippen LogP contribution is 2.22. The van der Waals surface area contributed by atoms with Gasteiger partial charge in [0, 0.05) is 23.5 Å². The molecule has 3 aromatic rings. The summed E-state index contributed by atoms with van der Waals surface area (Å²) in [6, 6.07) is 12.4. The first-order chi connectivity index (χ1) is 10.3. The zero-order chi connectivity index (χ0) is 14.7. The molecule has 2 heterocycles. The molecule has 0 radical (unpaired) electrons. The quantitative estimate of drug-likeness (QED) is 0.725. The SMILES string of the molecule is O=C(NF)c1cccnc1Nc1ccc2ncccc2c1. The van der Waals surface area contributed by atoms with Crippen LogP contribution in [0.15, 0.2) is 54.9 Å².